The molecule has 29 heavy (non-hydrogen) atoms. The highest BCUT2D eigenvalue weighted by atomic mass is 19.4. The summed E-state index contributed by atoms with van der Waals surface area (Å²) in [6.45, 7) is 3.54. The molecule has 1 unspecified atom stereocenters. The number of carbonyl (C=O) groups excluding carboxylic acids is 1. The van der Waals surface area contributed by atoms with Gasteiger partial charge < -0.3 is 5.32 Å². The number of alkyl halides is 3. The Balaban J connectivity index is 1.90. The quantitative estimate of drug-likeness (QED) is 0.699. The number of carbonyl (C=O) groups is 1. The Morgan fingerprint density at radius 1 is 1.28 bits per heavy atom. The number of benzene rings is 1. The van der Waals surface area contributed by atoms with E-state index in [1.165, 1.54) is 36.4 Å². The molecule has 1 aromatic carbocycles. The maximum atomic E-state index is 13.0. The van der Waals surface area contributed by atoms with E-state index in [1.54, 1.807) is 6.92 Å². The summed E-state index contributed by atoms with van der Waals surface area (Å²) in [5.41, 5.74) is -1.53. The molecule has 152 valence electrons. The van der Waals surface area contributed by atoms with Crippen LogP contribution in [0.2, 0.25) is 0 Å². The van der Waals surface area contributed by atoms with Crippen LogP contribution in [-0.4, -0.2) is 36.5 Å². The van der Waals surface area contributed by atoms with Gasteiger partial charge in [-0.1, -0.05) is 6.07 Å². The van der Waals surface area contributed by atoms with Gasteiger partial charge >= 0.3 is 6.18 Å². The number of nitrogens with one attached hydrogen (secondary N) is 1. The van der Waals surface area contributed by atoms with Gasteiger partial charge in [0.05, 0.1) is 17.8 Å². The molecule has 0 aliphatic rings. The Morgan fingerprint density at radius 3 is 2.69 bits per heavy atom. The number of nitrogens with zero attached hydrogens (tertiary/aromatic N) is 5. The Morgan fingerprint density at radius 2 is 2.03 bits per heavy atom. The molecule has 0 fully saturated rings. The number of halogens is 3. The Labute approximate surface area is 163 Å². The van der Waals surface area contributed by atoms with Gasteiger partial charge in [-0.3, -0.25) is 14.3 Å². The molecule has 1 N–H and O–H groups in total. The van der Waals surface area contributed by atoms with E-state index in [9.17, 15) is 22.8 Å². The summed E-state index contributed by atoms with van der Waals surface area (Å²) in [4.78, 5) is 28.6. The van der Waals surface area contributed by atoms with E-state index in [1.807, 2.05) is 0 Å². The van der Waals surface area contributed by atoms with Gasteiger partial charge in [0.15, 0.2) is 5.69 Å². The number of hydrogen-bond acceptors (Lipinski definition) is 5. The highest BCUT2D eigenvalue weighted by molar-refractivity contribution is 5.92. The van der Waals surface area contributed by atoms with Gasteiger partial charge in [-0.2, -0.15) is 23.4 Å². The Kier molecular flexibility index (Phi) is 5.48. The summed E-state index contributed by atoms with van der Waals surface area (Å²) in [5.74, 6) is -0.733. The van der Waals surface area contributed by atoms with Crippen molar-refractivity contribution in [3.63, 3.8) is 0 Å². The lowest BCUT2D eigenvalue weighted by atomic mass is 10.2. The summed E-state index contributed by atoms with van der Waals surface area (Å²) >= 11 is 0. The third-order valence-electron chi connectivity index (χ3n) is 4.05. The summed E-state index contributed by atoms with van der Waals surface area (Å²) in [6.07, 6.45) is -1.70. The third-order valence-corrected chi connectivity index (χ3v) is 4.05. The minimum Gasteiger partial charge on any atom is -0.346 e. The molecule has 11 heteroatoms. The van der Waals surface area contributed by atoms with Gasteiger partial charge in [-0.15, -0.1) is 0 Å². The molecule has 0 aliphatic heterocycles. The third kappa shape index (κ3) is 4.68. The zero-order chi connectivity index (χ0) is 21.2. The molecule has 0 saturated carbocycles. The average molecular weight is 406 g/mol. The normalized spacial score (nSPS) is 12.6. The van der Waals surface area contributed by atoms with Crippen LogP contribution in [0.3, 0.4) is 0 Å². The summed E-state index contributed by atoms with van der Waals surface area (Å²) in [5, 5.41) is 10.6. The zero-order valence-corrected chi connectivity index (χ0v) is 15.5. The molecule has 0 saturated heterocycles. The monoisotopic (exact) mass is 406 g/mol. The van der Waals surface area contributed by atoms with Crippen LogP contribution in [0.25, 0.3) is 5.69 Å². The molecule has 3 rings (SSSR count). The van der Waals surface area contributed by atoms with Crippen LogP contribution in [0.1, 0.15) is 28.7 Å². The SMILES string of the molecule is Cc1cc(=O)c(C(=O)NC(C)Cn2cncn2)nn1-c1cccc(C(F)(F)F)c1. The number of aromatic nitrogens is 5. The number of aryl methyl sites for hydroxylation is 1. The first-order valence-corrected chi connectivity index (χ1v) is 8.57. The van der Waals surface area contributed by atoms with E-state index in [2.05, 4.69) is 20.5 Å². The first-order chi connectivity index (χ1) is 13.6. The second-order valence-electron chi connectivity index (χ2n) is 6.45. The minimum atomic E-state index is -4.53. The van der Waals surface area contributed by atoms with E-state index >= 15 is 0 Å². The minimum absolute atomic E-state index is 0.0852. The van der Waals surface area contributed by atoms with Crippen molar-refractivity contribution in [3.05, 3.63) is 70.2 Å². The summed E-state index contributed by atoms with van der Waals surface area (Å²) in [6, 6.07) is 5.24. The van der Waals surface area contributed by atoms with Gasteiger partial charge in [0.1, 0.15) is 12.7 Å². The molecule has 0 radical (unpaired) electrons. The van der Waals surface area contributed by atoms with Gasteiger partial charge in [-0.05, 0) is 32.0 Å². The lowest BCUT2D eigenvalue weighted by Crippen LogP contribution is -2.39. The standard InChI is InChI=1S/C18H17F3N6O2/c1-11(8-26-10-22-9-23-26)24-17(29)16-15(28)6-12(2)27(25-16)14-5-3-4-13(7-14)18(19,20)21/h3-7,9-11H,8H2,1-2H3,(H,24,29). The zero-order valence-electron chi connectivity index (χ0n) is 15.5. The van der Waals surface area contributed by atoms with Crippen LogP contribution in [0.15, 0.2) is 47.8 Å². The largest absolute Gasteiger partial charge is 0.416 e. The highest BCUT2D eigenvalue weighted by Crippen LogP contribution is 2.30. The molecule has 8 nitrogen and oxygen atoms in total. The fraction of sp³-hybridized carbons (Fsp3) is 0.278. The van der Waals surface area contributed by atoms with E-state index < -0.39 is 34.8 Å². The van der Waals surface area contributed by atoms with E-state index in [0.717, 1.165) is 22.9 Å². The van der Waals surface area contributed by atoms with Crippen molar-refractivity contribution < 1.29 is 18.0 Å². The van der Waals surface area contributed by atoms with Crippen molar-refractivity contribution in [2.45, 2.75) is 32.6 Å². The molecular weight excluding hydrogens is 389 g/mol. The van der Waals surface area contributed by atoms with Crippen LogP contribution >= 0.6 is 0 Å². The topological polar surface area (TPSA) is 94.7 Å². The van der Waals surface area contributed by atoms with Crippen molar-refractivity contribution in [1.29, 1.82) is 0 Å². The molecule has 0 spiro atoms. The fourth-order valence-corrected chi connectivity index (χ4v) is 2.73. The summed E-state index contributed by atoms with van der Waals surface area (Å²) in [7, 11) is 0. The smallest absolute Gasteiger partial charge is 0.346 e. The van der Waals surface area contributed by atoms with E-state index in [-0.39, 0.29) is 5.69 Å². The van der Waals surface area contributed by atoms with Crippen molar-refractivity contribution in [1.82, 2.24) is 29.9 Å². The van der Waals surface area contributed by atoms with Gasteiger partial charge in [-0.25, -0.2) is 9.67 Å². The lowest BCUT2D eigenvalue weighted by molar-refractivity contribution is -0.137. The van der Waals surface area contributed by atoms with Crippen molar-refractivity contribution in [2.24, 2.45) is 0 Å². The van der Waals surface area contributed by atoms with Crippen LogP contribution in [0.5, 0.6) is 0 Å². The highest BCUT2D eigenvalue weighted by Gasteiger charge is 2.30. The first kappa shape index (κ1) is 20.2. The molecule has 0 aliphatic carbocycles. The van der Waals surface area contributed by atoms with Crippen LogP contribution < -0.4 is 10.7 Å². The molecular formula is C18H17F3N6O2. The van der Waals surface area contributed by atoms with Gasteiger partial charge in [0, 0.05) is 17.8 Å². The van der Waals surface area contributed by atoms with Gasteiger partial charge in [0.2, 0.25) is 5.43 Å². The van der Waals surface area contributed by atoms with Crippen LogP contribution in [-0.2, 0) is 12.7 Å². The second-order valence-corrected chi connectivity index (χ2v) is 6.45. The molecule has 1 amide bonds. The van der Waals surface area contributed by atoms with Crippen molar-refractivity contribution in [3.8, 4) is 5.69 Å². The lowest BCUT2D eigenvalue weighted by Gasteiger charge is -2.15. The van der Waals surface area contributed by atoms with E-state index in [4.69, 9.17) is 0 Å². The molecule has 2 heterocycles. The summed E-state index contributed by atoms with van der Waals surface area (Å²) < 4.78 is 41.6. The van der Waals surface area contributed by atoms with Gasteiger partial charge in [0.25, 0.3) is 5.91 Å². The molecule has 0 bridgehead atoms. The predicted octanol–water partition coefficient (Wildman–Crippen LogP) is 1.97. The predicted molar refractivity (Wildman–Crippen MR) is 96.5 cm³/mol. The van der Waals surface area contributed by atoms with Crippen LogP contribution in [0, 0.1) is 6.92 Å². The second kappa shape index (κ2) is 7.86. The number of rotatable bonds is 5. The van der Waals surface area contributed by atoms with E-state index in [0.29, 0.717) is 12.2 Å². The van der Waals surface area contributed by atoms with Crippen LogP contribution in [0.4, 0.5) is 13.2 Å². The maximum absolute atomic E-state index is 13.0. The first-order valence-electron chi connectivity index (χ1n) is 8.57. The van der Waals surface area contributed by atoms with Crippen molar-refractivity contribution in [2.75, 3.05) is 0 Å². The Hall–Kier alpha value is -3.50. The number of amides is 1. The molecule has 1 atom stereocenters. The fourth-order valence-electron chi connectivity index (χ4n) is 2.73. The Bertz CT molecular complexity index is 1080. The average Bonchev–Trinajstić information content (AvgIpc) is 3.13. The molecule has 3 aromatic rings. The maximum Gasteiger partial charge on any atom is 0.416 e. The number of hydrogen-bond donors (Lipinski definition) is 1. The molecule has 2 aromatic heterocycles. The van der Waals surface area contributed by atoms with Crippen molar-refractivity contribution >= 4 is 5.91 Å².